The van der Waals surface area contributed by atoms with Crippen molar-refractivity contribution in [3.63, 3.8) is 0 Å². The predicted octanol–water partition coefficient (Wildman–Crippen LogP) is 0.0846. The fourth-order valence-electron chi connectivity index (χ4n) is 2.75. The van der Waals surface area contributed by atoms with E-state index in [1.54, 1.807) is 0 Å². The van der Waals surface area contributed by atoms with Crippen LogP contribution in [-0.4, -0.2) is 85.7 Å². The molecule has 1 heterocycles. The van der Waals surface area contributed by atoms with Gasteiger partial charge in [0.15, 0.2) is 6.10 Å². The Kier molecular flexibility index (Phi) is 10.4. The van der Waals surface area contributed by atoms with Gasteiger partial charge in [-0.1, -0.05) is 0 Å². The molecule has 5 atom stereocenters. The second-order valence-electron chi connectivity index (χ2n) is 6.10. The molecule has 1 saturated heterocycles. The van der Waals surface area contributed by atoms with Crippen molar-refractivity contribution >= 4 is 35.5 Å². The topological polar surface area (TPSA) is 159 Å². The molecule has 0 spiro atoms. The Morgan fingerprint density at radius 1 is 1.07 bits per heavy atom. The third-order valence-corrected chi connectivity index (χ3v) is 4.04. The van der Waals surface area contributed by atoms with E-state index in [4.69, 9.17) is 35.3 Å². The molecule has 5 unspecified atom stereocenters. The first-order chi connectivity index (χ1) is 14.1. The molecule has 1 aliphatic heterocycles. The molecular weight excluding hydrogens is 430 g/mol. The lowest BCUT2D eigenvalue weighted by Gasteiger charge is -2.44. The zero-order valence-corrected chi connectivity index (χ0v) is 17.6. The van der Waals surface area contributed by atoms with Gasteiger partial charge in [-0.2, -0.15) is 5.01 Å². The summed E-state index contributed by atoms with van der Waals surface area (Å²) in [6.45, 7) is 2.88. The summed E-state index contributed by atoms with van der Waals surface area (Å²) >= 11 is 5.54. The molecule has 0 aromatic heterocycles. The summed E-state index contributed by atoms with van der Waals surface area (Å²) in [4.78, 5) is 57.6. The summed E-state index contributed by atoms with van der Waals surface area (Å²) < 4.78 is 26.3. The van der Waals surface area contributed by atoms with Gasteiger partial charge < -0.3 is 29.0 Å². The maximum absolute atomic E-state index is 12.4. The maximum Gasteiger partial charge on any atom is 0.340 e. The molecule has 0 radical (unpaired) electrons. The summed E-state index contributed by atoms with van der Waals surface area (Å²) in [6.07, 6.45) is -4.77. The molecule has 0 aromatic carbocycles. The van der Waals surface area contributed by atoms with E-state index in [2.05, 4.69) is 10.6 Å². The first kappa shape index (κ1) is 25.5. The molecule has 0 aromatic rings. The lowest BCUT2D eigenvalue weighted by atomic mass is 9.96. The number of nitrogens with zero attached hydrogens (tertiary/aromatic N) is 2. The van der Waals surface area contributed by atoms with Gasteiger partial charge in [0.25, 0.3) is 0 Å². The van der Waals surface area contributed by atoms with E-state index in [9.17, 15) is 24.1 Å². The second kappa shape index (κ2) is 12.2. The van der Waals surface area contributed by atoms with Crippen LogP contribution in [0.4, 0.5) is 4.79 Å². The minimum absolute atomic E-state index is 0.0675. The Morgan fingerprint density at radius 3 is 2.17 bits per heavy atom. The molecule has 0 aliphatic carbocycles. The fraction of sp³-hybridized carbons (Fsp3) is 0.750. The highest BCUT2D eigenvalue weighted by Gasteiger charge is 2.51. The van der Waals surface area contributed by atoms with Gasteiger partial charge >= 0.3 is 23.9 Å². The Labute approximate surface area is 177 Å². The maximum atomic E-state index is 12.4. The lowest BCUT2D eigenvalue weighted by Crippen LogP contribution is -2.67. The van der Waals surface area contributed by atoms with Gasteiger partial charge in [-0.05, 0) is 0 Å². The van der Waals surface area contributed by atoms with Crippen molar-refractivity contribution in [3.05, 3.63) is 4.91 Å². The number of rotatable bonds is 9. The third-order valence-electron chi connectivity index (χ3n) is 3.87. The van der Waals surface area contributed by atoms with Gasteiger partial charge in [-0.25, -0.2) is 4.79 Å². The number of halogens is 1. The lowest BCUT2D eigenvalue weighted by molar-refractivity contribution is -0.270. The molecule has 30 heavy (non-hydrogen) atoms. The molecule has 170 valence electrons. The van der Waals surface area contributed by atoms with Gasteiger partial charge in [0.1, 0.15) is 24.9 Å². The Hall–Kier alpha value is -2.51. The largest absolute Gasteiger partial charge is 0.463 e. The van der Waals surface area contributed by atoms with Crippen LogP contribution in [0.5, 0.6) is 0 Å². The molecular formula is C16H24ClN3O10. The first-order valence-corrected chi connectivity index (χ1v) is 9.31. The smallest absolute Gasteiger partial charge is 0.340 e. The second-order valence-corrected chi connectivity index (χ2v) is 6.48. The van der Waals surface area contributed by atoms with Crippen molar-refractivity contribution in [1.82, 2.24) is 10.3 Å². The average Bonchev–Trinajstić information content (AvgIpc) is 2.65. The molecule has 0 saturated carbocycles. The van der Waals surface area contributed by atoms with Crippen LogP contribution in [0.15, 0.2) is 5.29 Å². The number of alkyl halides is 1. The summed E-state index contributed by atoms with van der Waals surface area (Å²) in [5.41, 5.74) is 0. The Morgan fingerprint density at radius 2 is 1.70 bits per heavy atom. The molecule has 1 aliphatic rings. The molecule has 0 bridgehead atoms. The highest BCUT2D eigenvalue weighted by Crippen LogP contribution is 2.27. The van der Waals surface area contributed by atoms with E-state index < -0.39 is 54.6 Å². The standard InChI is InChI=1S/C16H24ClN3O10/c1-8(21)27-7-11-13(28-9(2)22)14(26-4)12(15(30-11)29-10(3)23)18-16(24)20(19-25)6-5-17/h11-15H,5-7H2,1-4H3,(H,18,24). The number of ether oxygens (including phenoxy) is 5. The molecule has 1 fully saturated rings. The number of hydrogen-bond acceptors (Lipinski definition) is 11. The van der Waals surface area contributed by atoms with Crippen molar-refractivity contribution < 1.29 is 42.9 Å². The van der Waals surface area contributed by atoms with Crippen LogP contribution < -0.4 is 5.32 Å². The van der Waals surface area contributed by atoms with Crippen LogP contribution in [0, 0.1) is 4.91 Å². The fourth-order valence-corrected chi connectivity index (χ4v) is 2.91. The predicted molar refractivity (Wildman–Crippen MR) is 99.0 cm³/mol. The van der Waals surface area contributed by atoms with Gasteiger partial charge in [0.05, 0.1) is 11.8 Å². The Bertz CT molecular complexity index is 649. The summed E-state index contributed by atoms with van der Waals surface area (Å²) in [5.74, 6) is -2.14. The number of carbonyl (C=O) groups is 4. The molecule has 14 heteroatoms. The summed E-state index contributed by atoms with van der Waals surface area (Å²) in [5, 5.41) is 5.48. The Balaban J connectivity index is 3.23. The van der Waals surface area contributed by atoms with Crippen molar-refractivity contribution in [3.8, 4) is 0 Å². The van der Waals surface area contributed by atoms with Gasteiger partial charge in [-0.3, -0.25) is 14.4 Å². The van der Waals surface area contributed by atoms with Crippen LogP contribution in [0.25, 0.3) is 0 Å². The number of nitrogens with one attached hydrogen (secondary N) is 1. The first-order valence-electron chi connectivity index (χ1n) is 8.77. The van der Waals surface area contributed by atoms with Crippen LogP contribution >= 0.6 is 11.6 Å². The van der Waals surface area contributed by atoms with Crippen molar-refractivity contribution in [2.45, 2.75) is 51.4 Å². The highest BCUT2D eigenvalue weighted by atomic mass is 35.5. The number of urea groups is 1. The van der Waals surface area contributed by atoms with Crippen LogP contribution in [-0.2, 0) is 38.1 Å². The monoisotopic (exact) mass is 453 g/mol. The van der Waals surface area contributed by atoms with E-state index in [1.807, 2.05) is 0 Å². The van der Waals surface area contributed by atoms with E-state index in [0.717, 1.165) is 13.8 Å². The normalized spacial score (nSPS) is 25.6. The quantitative estimate of drug-likeness (QED) is 0.166. The molecule has 13 nitrogen and oxygen atoms in total. The van der Waals surface area contributed by atoms with E-state index in [1.165, 1.54) is 14.0 Å². The number of nitroso groups, excluding NO2 is 1. The number of amides is 2. The van der Waals surface area contributed by atoms with Gasteiger partial charge in [-0.15, -0.1) is 16.5 Å². The number of hydrogen-bond donors (Lipinski definition) is 1. The van der Waals surface area contributed by atoms with Gasteiger partial charge in [0.2, 0.25) is 6.29 Å². The minimum Gasteiger partial charge on any atom is -0.463 e. The molecule has 2 amide bonds. The zero-order valence-electron chi connectivity index (χ0n) is 16.9. The van der Waals surface area contributed by atoms with E-state index in [0.29, 0.717) is 5.01 Å². The van der Waals surface area contributed by atoms with E-state index in [-0.39, 0.29) is 19.0 Å². The number of methoxy groups -OCH3 is 1. The summed E-state index contributed by atoms with van der Waals surface area (Å²) in [6, 6.07) is -2.19. The number of carbonyl (C=O) groups excluding carboxylic acids is 4. The zero-order chi connectivity index (χ0) is 22.8. The van der Waals surface area contributed by atoms with E-state index >= 15 is 0 Å². The highest BCUT2D eigenvalue weighted by molar-refractivity contribution is 6.18. The van der Waals surface area contributed by atoms with Crippen LogP contribution in [0.3, 0.4) is 0 Å². The number of esters is 3. The third kappa shape index (κ3) is 7.39. The van der Waals surface area contributed by atoms with Crippen LogP contribution in [0.1, 0.15) is 20.8 Å². The average molecular weight is 454 g/mol. The minimum atomic E-state index is -1.42. The van der Waals surface area contributed by atoms with Crippen molar-refractivity contribution in [2.75, 3.05) is 26.1 Å². The summed E-state index contributed by atoms with van der Waals surface area (Å²) in [7, 11) is 1.26. The molecule has 1 N–H and O–H groups in total. The van der Waals surface area contributed by atoms with Crippen LogP contribution in [0.2, 0.25) is 0 Å². The van der Waals surface area contributed by atoms with Crippen molar-refractivity contribution in [2.24, 2.45) is 5.29 Å². The molecule has 1 rings (SSSR count). The SMILES string of the molecule is COC1C(NC(=O)N(CCCl)N=O)C(OC(C)=O)OC(COC(C)=O)C1OC(C)=O. The van der Waals surface area contributed by atoms with Gasteiger partial charge in [0, 0.05) is 33.8 Å². The van der Waals surface area contributed by atoms with Crippen molar-refractivity contribution in [1.29, 1.82) is 0 Å².